The third-order valence-electron chi connectivity index (χ3n) is 6.99. The van der Waals surface area contributed by atoms with E-state index in [1.165, 1.54) is 17.0 Å². The van der Waals surface area contributed by atoms with E-state index in [1.54, 1.807) is 42.2 Å². The first-order valence-electron chi connectivity index (χ1n) is 12.9. The van der Waals surface area contributed by atoms with Crippen molar-refractivity contribution in [2.45, 2.75) is 32.9 Å². The van der Waals surface area contributed by atoms with Gasteiger partial charge in [-0.05, 0) is 44.5 Å². The van der Waals surface area contributed by atoms with Crippen molar-refractivity contribution in [2.24, 2.45) is 0 Å². The molecule has 0 spiro atoms. The Morgan fingerprint density at radius 3 is 2.51 bits per heavy atom. The molecule has 8 nitrogen and oxygen atoms in total. The van der Waals surface area contributed by atoms with E-state index in [-0.39, 0.29) is 47.3 Å². The lowest BCUT2D eigenvalue weighted by molar-refractivity contribution is -0.139. The van der Waals surface area contributed by atoms with Gasteiger partial charge in [-0.15, -0.1) is 0 Å². The molecular formula is C28H31Cl2FN4O4. The van der Waals surface area contributed by atoms with Gasteiger partial charge in [0.25, 0.3) is 5.91 Å². The van der Waals surface area contributed by atoms with Crippen LogP contribution in [0.25, 0.3) is 0 Å². The number of hydrogen-bond donors (Lipinski definition) is 1. The molecule has 4 rings (SSSR count). The lowest BCUT2D eigenvalue weighted by Crippen LogP contribution is -2.56. The summed E-state index contributed by atoms with van der Waals surface area (Å²) >= 11 is 12.8. The van der Waals surface area contributed by atoms with Crippen molar-refractivity contribution in [3.8, 4) is 0 Å². The van der Waals surface area contributed by atoms with Gasteiger partial charge < -0.3 is 15.0 Å². The summed E-state index contributed by atoms with van der Waals surface area (Å²) in [5.74, 6) is -1.48. The molecule has 1 saturated heterocycles. The van der Waals surface area contributed by atoms with Crippen LogP contribution < -0.4 is 5.32 Å². The number of nitrogens with one attached hydrogen (secondary N) is 1. The highest BCUT2D eigenvalue weighted by molar-refractivity contribution is 6.42. The first-order valence-corrected chi connectivity index (χ1v) is 13.6. The summed E-state index contributed by atoms with van der Waals surface area (Å²) in [5.41, 5.74) is 1.30. The smallest absolute Gasteiger partial charge is 0.338 e. The van der Waals surface area contributed by atoms with Crippen LogP contribution in [0, 0.1) is 5.82 Å². The minimum atomic E-state index is -0.859. The standard InChI is InChI=1S/C28H31Cl2FN4O4/c1-4-34-22(16-33-13-14-35(17(3)15-33)26(36)18-9-6-7-12-21(18)31)23(27(37)39-5-2)25(32-28(34)38)19-10-8-11-20(29)24(19)30/h6-12,17,25H,4-5,13-16H2,1-3H3,(H,32,38). The predicted molar refractivity (Wildman–Crippen MR) is 147 cm³/mol. The van der Waals surface area contributed by atoms with E-state index in [0.29, 0.717) is 42.5 Å². The maximum absolute atomic E-state index is 14.3. The highest BCUT2D eigenvalue weighted by Gasteiger charge is 2.40. The lowest BCUT2D eigenvalue weighted by atomic mass is 9.93. The first kappa shape index (κ1) is 28.9. The summed E-state index contributed by atoms with van der Waals surface area (Å²) in [5, 5.41) is 3.43. The molecule has 1 fully saturated rings. The molecule has 0 aliphatic carbocycles. The third-order valence-corrected chi connectivity index (χ3v) is 7.83. The highest BCUT2D eigenvalue weighted by atomic mass is 35.5. The van der Waals surface area contributed by atoms with Gasteiger partial charge in [-0.2, -0.15) is 0 Å². The summed E-state index contributed by atoms with van der Waals surface area (Å²) in [6.45, 7) is 7.45. The maximum Gasteiger partial charge on any atom is 0.338 e. The number of esters is 1. The number of carbonyl (C=O) groups is 3. The average molecular weight is 577 g/mol. The lowest BCUT2D eigenvalue weighted by Gasteiger charge is -2.43. The van der Waals surface area contributed by atoms with Gasteiger partial charge in [0, 0.05) is 44.5 Å². The van der Waals surface area contributed by atoms with Gasteiger partial charge in [-0.3, -0.25) is 14.6 Å². The number of amides is 3. The second-order valence-corrected chi connectivity index (χ2v) is 10.2. The average Bonchev–Trinajstić information content (AvgIpc) is 2.90. The van der Waals surface area contributed by atoms with Gasteiger partial charge in [0.15, 0.2) is 0 Å². The van der Waals surface area contributed by atoms with E-state index in [2.05, 4.69) is 10.2 Å². The minimum Gasteiger partial charge on any atom is -0.463 e. The van der Waals surface area contributed by atoms with Crippen LogP contribution in [0.3, 0.4) is 0 Å². The number of urea groups is 1. The van der Waals surface area contributed by atoms with Crippen LogP contribution >= 0.6 is 23.2 Å². The summed E-state index contributed by atoms with van der Waals surface area (Å²) in [6.07, 6.45) is 0. The first-order chi connectivity index (χ1) is 18.7. The molecule has 2 unspecified atom stereocenters. The van der Waals surface area contributed by atoms with Crippen LogP contribution in [0.1, 0.15) is 42.7 Å². The van der Waals surface area contributed by atoms with E-state index < -0.39 is 17.8 Å². The van der Waals surface area contributed by atoms with Crippen molar-refractivity contribution in [3.63, 3.8) is 0 Å². The molecule has 0 radical (unpaired) electrons. The molecule has 11 heteroatoms. The zero-order valence-electron chi connectivity index (χ0n) is 22.0. The second-order valence-electron chi connectivity index (χ2n) is 9.41. The normalized spacial score (nSPS) is 20.2. The fourth-order valence-electron chi connectivity index (χ4n) is 5.11. The number of halogens is 3. The van der Waals surface area contributed by atoms with E-state index in [9.17, 15) is 18.8 Å². The van der Waals surface area contributed by atoms with Crippen molar-refractivity contribution in [1.82, 2.24) is 20.0 Å². The minimum absolute atomic E-state index is 0.0347. The molecule has 0 aromatic heterocycles. The van der Waals surface area contributed by atoms with Crippen LogP contribution in [0.4, 0.5) is 9.18 Å². The number of likely N-dealkylation sites (N-methyl/N-ethyl adjacent to an activating group) is 1. The van der Waals surface area contributed by atoms with Crippen molar-refractivity contribution in [3.05, 3.63) is 80.7 Å². The fraction of sp³-hybridized carbons (Fsp3) is 0.393. The summed E-state index contributed by atoms with van der Waals surface area (Å²) in [4.78, 5) is 44.9. The molecule has 0 saturated carbocycles. The molecule has 3 amide bonds. The summed E-state index contributed by atoms with van der Waals surface area (Å²) in [7, 11) is 0. The molecule has 2 aromatic carbocycles. The zero-order chi connectivity index (χ0) is 28.3. The van der Waals surface area contributed by atoms with Crippen LogP contribution in [0.15, 0.2) is 53.7 Å². The highest BCUT2D eigenvalue weighted by Crippen LogP contribution is 2.38. The number of nitrogens with zero attached hydrogens (tertiary/aromatic N) is 3. The number of piperazine rings is 1. The van der Waals surface area contributed by atoms with Gasteiger partial charge in [-0.25, -0.2) is 14.0 Å². The quantitative estimate of drug-likeness (QED) is 0.475. The topological polar surface area (TPSA) is 82.2 Å². The second kappa shape index (κ2) is 12.4. The fourth-order valence-corrected chi connectivity index (χ4v) is 5.53. The Hall–Kier alpha value is -3.14. The molecule has 2 aromatic rings. The van der Waals surface area contributed by atoms with Gasteiger partial charge >= 0.3 is 12.0 Å². The van der Waals surface area contributed by atoms with Crippen molar-refractivity contribution < 1.29 is 23.5 Å². The SMILES string of the molecule is CCOC(=O)C1=C(CN2CCN(C(=O)c3ccccc3F)C(C)C2)N(CC)C(=O)NC1c1cccc(Cl)c1Cl. The van der Waals surface area contributed by atoms with Gasteiger partial charge in [-0.1, -0.05) is 47.5 Å². The van der Waals surface area contributed by atoms with E-state index >= 15 is 0 Å². The van der Waals surface area contributed by atoms with Crippen LogP contribution in [0.5, 0.6) is 0 Å². The molecule has 2 heterocycles. The summed E-state index contributed by atoms with van der Waals surface area (Å²) < 4.78 is 19.7. The predicted octanol–water partition coefficient (Wildman–Crippen LogP) is 4.88. The number of benzene rings is 2. The molecule has 2 aliphatic rings. The molecule has 0 bridgehead atoms. The van der Waals surface area contributed by atoms with E-state index in [1.807, 2.05) is 13.8 Å². The Labute approximate surface area is 237 Å². The Balaban J connectivity index is 1.66. The number of ether oxygens (including phenoxy) is 1. The molecule has 1 N–H and O–H groups in total. The molecule has 208 valence electrons. The Bertz CT molecular complexity index is 1300. The van der Waals surface area contributed by atoms with Crippen LogP contribution in [0.2, 0.25) is 10.0 Å². The van der Waals surface area contributed by atoms with Gasteiger partial charge in [0.2, 0.25) is 0 Å². The van der Waals surface area contributed by atoms with Crippen LogP contribution in [-0.4, -0.2) is 78.0 Å². The molecule has 39 heavy (non-hydrogen) atoms. The Kier molecular flexibility index (Phi) is 9.15. The van der Waals surface area contributed by atoms with Crippen LogP contribution in [-0.2, 0) is 9.53 Å². The number of carbonyl (C=O) groups excluding carboxylic acids is 3. The van der Waals surface area contributed by atoms with Gasteiger partial charge in [0.1, 0.15) is 5.82 Å². The van der Waals surface area contributed by atoms with Crippen molar-refractivity contribution >= 4 is 41.1 Å². The molecular weight excluding hydrogens is 546 g/mol. The van der Waals surface area contributed by atoms with Crippen molar-refractivity contribution in [2.75, 3.05) is 39.3 Å². The maximum atomic E-state index is 14.3. The largest absolute Gasteiger partial charge is 0.463 e. The number of hydrogen-bond acceptors (Lipinski definition) is 5. The van der Waals surface area contributed by atoms with Gasteiger partial charge in [0.05, 0.1) is 33.8 Å². The summed E-state index contributed by atoms with van der Waals surface area (Å²) in [6, 6.07) is 9.52. The molecule has 2 atom stereocenters. The zero-order valence-corrected chi connectivity index (χ0v) is 23.6. The van der Waals surface area contributed by atoms with Crippen molar-refractivity contribution in [1.29, 1.82) is 0 Å². The Morgan fingerprint density at radius 2 is 1.85 bits per heavy atom. The Morgan fingerprint density at radius 1 is 1.10 bits per heavy atom. The van der Waals surface area contributed by atoms with E-state index in [0.717, 1.165) is 0 Å². The molecule has 2 aliphatic heterocycles. The van der Waals surface area contributed by atoms with E-state index in [4.69, 9.17) is 27.9 Å². The monoisotopic (exact) mass is 576 g/mol. The number of rotatable bonds is 7. The third kappa shape index (κ3) is 5.90.